The molecule has 1 aromatic heterocycles. The molecule has 0 aliphatic heterocycles. The maximum absolute atomic E-state index is 11.7. The van der Waals surface area contributed by atoms with Crippen LogP contribution in [0.25, 0.3) is 0 Å². The molecular weight excluding hydrogens is 218 g/mol. The predicted octanol–water partition coefficient (Wildman–Crippen LogP) is 2.28. The Kier molecular flexibility index (Phi) is 3.98. The number of rotatable bonds is 4. The quantitative estimate of drug-likeness (QED) is 0.820. The van der Waals surface area contributed by atoms with Crippen molar-refractivity contribution in [3.05, 3.63) is 24.5 Å². The Morgan fingerprint density at radius 3 is 2.24 bits per heavy atom. The first-order valence-electron chi connectivity index (χ1n) is 5.84. The molecule has 4 nitrogen and oxygen atoms in total. The topological polar surface area (TPSA) is 51.5 Å². The summed E-state index contributed by atoms with van der Waals surface area (Å²) >= 11 is 0. The Balaban J connectivity index is 2.74. The zero-order valence-electron chi connectivity index (χ0n) is 10.9. The van der Waals surface area contributed by atoms with E-state index in [0.717, 1.165) is 0 Å². The lowest BCUT2D eigenvalue weighted by Gasteiger charge is -2.29. The molecule has 1 aromatic rings. The van der Waals surface area contributed by atoms with Gasteiger partial charge in [-0.1, -0.05) is 6.92 Å². The fourth-order valence-corrected chi connectivity index (χ4v) is 1.62. The van der Waals surface area contributed by atoms with E-state index in [4.69, 9.17) is 4.74 Å². The van der Waals surface area contributed by atoms with Gasteiger partial charge in [-0.3, -0.25) is 4.79 Å². The molecule has 0 aliphatic carbocycles. The molecule has 0 spiro atoms. The average molecular weight is 239 g/mol. The minimum Gasteiger partial charge on any atom is -0.460 e. The molecule has 1 atom stereocenters. The van der Waals surface area contributed by atoms with Gasteiger partial charge in [-0.25, -0.2) is 0 Å². The maximum atomic E-state index is 11.7. The van der Waals surface area contributed by atoms with Gasteiger partial charge in [0.25, 0.3) is 0 Å². The van der Waals surface area contributed by atoms with Gasteiger partial charge in [0.15, 0.2) is 5.72 Å². The standard InChI is InChI=1S/C13H21NO3/c1-5-13(16,14-8-6-7-9-14)10-11(15)17-12(2,3)4/h6-9,16H,5,10H2,1-4H3. The van der Waals surface area contributed by atoms with Crippen LogP contribution in [-0.4, -0.2) is 21.2 Å². The number of nitrogens with zero attached hydrogens (tertiary/aromatic N) is 1. The van der Waals surface area contributed by atoms with Gasteiger partial charge in [-0.15, -0.1) is 0 Å². The Bertz CT molecular complexity index is 365. The predicted molar refractivity (Wildman–Crippen MR) is 65.4 cm³/mol. The fraction of sp³-hybridized carbons (Fsp3) is 0.615. The molecule has 17 heavy (non-hydrogen) atoms. The highest BCUT2D eigenvalue weighted by Gasteiger charge is 2.31. The molecule has 0 saturated heterocycles. The van der Waals surface area contributed by atoms with Crippen molar-refractivity contribution in [1.82, 2.24) is 4.57 Å². The van der Waals surface area contributed by atoms with Crippen molar-refractivity contribution >= 4 is 5.97 Å². The molecule has 4 heteroatoms. The third kappa shape index (κ3) is 3.89. The summed E-state index contributed by atoms with van der Waals surface area (Å²) in [5.41, 5.74) is -1.73. The van der Waals surface area contributed by atoms with Gasteiger partial charge < -0.3 is 14.4 Å². The van der Waals surface area contributed by atoms with Crippen LogP contribution in [0.5, 0.6) is 0 Å². The zero-order chi connectivity index (χ0) is 13.1. The van der Waals surface area contributed by atoms with E-state index in [2.05, 4.69) is 0 Å². The minimum atomic E-state index is -1.20. The molecule has 0 fully saturated rings. The van der Waals surface area contributed by atoms with Crippen molar-refractivity contribution in [2.45, 2.75) is 51.9 Å². The number of carbonyl (C=O) groups is 1. The van der Waals surface area contributed by atoms with E-state index in [1.807, 2.05) is 39.8 Å². The summed E-state index contributed by atoms with van der Waals surface area (Å²) in [7, 11) is 0. The van der Waals surface area contributed by atoms with Gasteiger partial charge in [0.2, 0.25) is 0 Å². The van der Waals surface area contributed by atoms with Crippen LogP contribution in [0.4, 0.5) is 0 Å². The molecule has 0 aliphatic rings. The van der Waals surface area contributed by atoms with Crippen LogP contribution < -0.4 is 0 Å². The number of carbonyl (C=O) groups excluding carboxylic acids is 1. The first-order valence-corrected chi connectivity index (χ1v) is 5.84. The summed E-state index contributed by atoms with van der Waals surface area (Å²) in [5.74, 6) is -0.393. The highest BCUT2D eigenvalue weighted by molar-refractivity contribution is 5.70. The van der Waals surface area contributed by atoms with E-state index in [9.17, 15) is 9.90 Å². The van der Waals surface area contributed by atoms with E-state index >= 15 is 0 Å². The molecule has 1 unspecified atom stereocenters. The third-order valence-corrected chi connectivity index (χ3v) is 2.50. The molecular formula is C13H21NO3. The first kappa shape index (κ1) is 13.8. The van der Waals surface area contributed by atoms with Gasteiger partial charge in [0.05, 0.1) is 6.42 Å². The highest BCUT2D eigenvalue weighted by atomic mass is 16.6. The molecule has 0 saturated carbocycles. The molecule has 96 valence electrons. The lowest BCUT2D eigenvalue weighted by molar-refractivity contribution is -0.165. The molecule has 0 aromatic carbocycles. The van der Waals surface area contributed by atoms with Gasteiger partial charge in [-0.05, 0) is 39.3 Å². The summed E-state index contributed by atoms with van der Waals surface area (Å²) in [6, 6.07) is 3.63. The van der Waals surface area contributed by atoms with Crippen LogP contribution in [0, 0.1) is 0 Å². The maximum Gasteiger partial charge on any atom is 0.311 e. The second-order valence-electron chi connectivity index (χ2n) is 5.19. The molecule has 1 N–H and O–H groups in total. The molecule has 0 bridgehead atoms. The van der Waals surface area contributed by atoms with Crippen molar-refractivity contribution in [1.29, 1.82) is 0 Å². The van der Waals surface area contributed by atoms with Crippen molar-refractivity contribution in [3.8, 4) is 0 Å². The van der Waals surface area contributed by atoms with Crippen LogP contribution in [0.1, 0.15) is 40.5 Å². The zero-order valence-corrected chi connectivity index (χ0v) is 10.9. The van der Waals surface area contributed by atoms with E-state index in [-0.39, 0.29) is 6.42 Å². The van der Waals surface area contributed by atoms with Gasteiger partial charge >= 0.3 is 5.97 Å². The normalized spacial score (nSPS) is 15.4. The van der Waals surface area contributed by atoms with Gasteiger partial charge in [0, 0.05) is 12.4 Å². The van der Waals surface area contributed by atoms with Gasteiger partial charge in [-0.2, -0.15) is 0 Å². The second kappa shape index (κ2) is 4.92. The Hall–Kier alpha value is -1.29. The van der Waals surface area contributed by atoms with Crippen LogP contribution in [-0.2, 0) is 15.3 Å². The number of aromatic nitrogens is 1. The summed E-state index contributed by atoms with van der Waals surface area (Å²) in [6.07, 6.45) is 3.89. The smallest absolute Gasteiger partial charge is 0.311 e. The van der Waals surface area contributed by atoms with Crippen LogP contribution in [0.15, 0.2) is 24.5 Å². The Morgan fingerprint density at radius 2 is 1.82 bits per heavy atom. The largest absolute Gasteiger partial charge is 0.460 e. The monoisotopic (exact) mass is 239 g/mol. The molecule has 0 amide bonds. The lowest BCUT2D eigenvalue weighted by atomic mass is 10.1. The summed E-state index contributed by atoms with van der Waals surface area (Å²) in [6.45, 7) is 7.27. The number of ether oxygens (including phenoxy) is 1. The SMILES string of the molecule is CCC(O)(CC(=O)OC(C)(C)C)n1cccc1. The fourth-order valence-electron chi connectivity index (χ4n) is 1.62. The van der Waals surface area contributed by atoms with Crippen molar-refractivity contribution in [2.75, 3.05) is 0 Å². The van der Waals surface area contributed by atoms with Crippen molar-refractivity contribution in [3.63, 3.8) is 0 Å². The highest BCUT2D eigenvalue weighted by Crippen LogP contribution is 2.23. The summed E-state index contributed by atoms with van der Waals surface area (Å²) < 4.78 is 6.86. The van der Waals surface area contributed by atoms with Crippen LogP contribution >= 0.6 is 0 Å². The minimum absolute atomic E-state index is 0.0462. The van der Waals surface area contributed by atoms with Crippen molar-refractivity contribution < 1.29 is 14.6 Å². The Labute approximate surface area is 102 Å². The first-order chi connectivity index (χ1) is 7.77. The van der Waals surface area contributed by atoms with Crippen molar-refractivity contribution in [2.24, 2.45) is 0 Å². The van der Waals surface area contributed by atoms with Crippen LogP contribution in [0.3, 0.4) is 0 Å². The van der Waals surface area contributed by atoms with Crippen LogP contribution in [0.2, 0.25) is 0 Å². The molecule has 1 heterocycles. The van der Waals surface area contributed by atoms with E-state index < -0.39 is 17.3 Å². The van der Waals surface area contributed by atoms with Gasteiger partial charge in [0.1, 0.15) is 5.60 Å². The summed E-state index contributed by atoms with van der Waals surface area (Å²) in [5, 5.41) is 10.4. The third-order valence-electron chi connectivity index (χ3n) is 2.50. The number of esters is 1. The second-order valence-corrected chi connectivity index (χ2v) is 5.19. The number of hydrogen-bond acceptors (Lipinski definition) is 3. The lowest BCUT2D eigenvalue weighted by Crippen LogP contribution is -2.36. The number of hydrogen-bond donors (Lipinski definition) is 1. The Morgan fingerprint density at radius 1 is 1.29 bits per heavy atom. The number of aliphatic hydroxyl groups is 1. The van der Waals surface area contributed by atoms with E-state index in [1.54, 1.807) is 17.0 Å². The van der Waals surface area contributed by atoms with E-state index in [1.165, 1.54) is 0 Å². The van der Waals surface area contributed by atoms with E-state index in [0.29, 0.717) is 6.42 Å². The molecule has 0 radical (unpaired) electrons. The average Bonchev–Trinajstić information content (AvgIpc) is 2.67. The summed E-state index contributed by atoms with van der Waals surface area (Å²) in [4.78, 5) is 11.7. The molecule has 1 rings (SSSR count).